The SMILES string of the molecule is CCC(c1ccc(N2CC[C@H](NS(=O)(=O)C=Cc3ccc(Cl)s3)C2=O)c(F)c1)N(C)C.O=CO. The Labute approximate surface area is 207 Å². The monoisotopic (exact) mass is 531 g/mol. The molecule has 1 aromatic heterocycles. The first-order valence-corrected chi connectivity index (χ1v) is 13.1. The second-order valence-corrected chi connectivity index (χ2v) is 11.0. The average molecular weight is 532 g/mol. The lowest BCUT2D eigenvalue weighted by Crippen LogP contribution is -2.40. The molecular weight excluding hydrogens is 505 g/mol. The molecule has 3 rings (SSSR count). The van der Waals surface area contributed by atoms with E-state index in [4.69, 9.17) is 21.5 Å². The Hall–Kier alpha value is -2.31. The maximum atomic E-state index is 14.8. The van der Waals surface area contributed by atoms with Crippen LogP contribution < -0.4 is 9.62 Å². The summed E-state index contributed by atoms with van der Waals surface area (Å²) in [6.45, 7) is 2.01. The number of amides is 1. The van der Waals surface area contributed by atoms with Crippen LogP contribution in [0.5, 0.6) is 0 Å². The van der Waals surface area contributed by atoms with Crippen LogP contribution in [0.15, 0.2) is 35.7 Å². The van der Waals surface area contributed by atoms with Crippen LogP contribution in [0.3, 0.4) is 0 Å². The third-order valence-electron chi connectivity index (χ3n) is 5.17. The number of carboxylic acid groups (broad SMARTS) is 1. The van der Waals surface area contributed by atoms with E-state index in [9.17, 15) is 17.6 Å². The van der Waals surface area contributed by atoms with E-state index < -0.39 is 27.8 Å². The molecular formula is C22H27ClFN3O5S2. The third-order valence-corrected chi connectivity index (χ3v) is 7.48. The molecule has 1 amide bonds. The summed E-state index contributed by atoms with van der Waals surface area (Å²) in [4.78, 5) is 25.1. The van der Waals surface area contributed by atoms with E-state index in [0.717, 1.165) is 17.4 Å². The number of benzene rings is 1. The molecule has 2 aromatic rings. The van der Waals surface area contributed by atoms with E-state index in [1.807, 2.05) is 32.0 Å². The molecule has 34 heavy (non-hydrogen) atoms. The van der Waals surface area contributed by atoms with Gasteiger partial charge in [0.2, 0.25) is 15.9 Å². The number of rotatable bonds is 8. The van der Waals surface area contributed by atoms with Crippen molar-refractivity contribution in [2.24, 2.45) is 0 Å². The molecule has 2 atom stereocenters. The summed E-state index contributed by atoms with van der Waals surface area (Å²) in [7, 11) is 0.0182. The van der Waals surface area contributed by atoms with Crippen molar-refractivity contribution in [3.8, 4) is 0 Å². The zero-order chi connectivity index (χ0) is 25.5. The predicted molar refractivity (Wildman–Crippen MR) is 133 cm³/mol. The van der Waals surface area contributed by atoms with Crippen LogP contribution in [0.4, 0.5) is 10.1 Å². The van der Waals surface area contributed by atoms with Crippen molar-refractivity contribution < 1.29 is 27.5 Å². The van der Waals surface area contributed by atoms with Crippen molar-refractivity contribution in [2.45, 2.75) is 31.8 Å². The van der Waals surface area contributed by atoms with Gasteiger partial charge in [0.1, 0.15) is 11.9 Å². The fraction of sp³-hybridized carbons (Fsp3) is 0.364. The van der Waals surface area contributed by atoms with Crippen molar-refractivity contribution in [3.63, 3.8) is 0 Å². The molecule has 8 nitrogen and oxygen atoms in total. The smallest absolute Gasteiger partial charge is 0.290 e. The lowest BCUT2D eigenvalue weighted by atomic mass is 10.0. The lowest BCUT2D eigenvalue weighted by molar-refractivity contribution is -0.123. The maximum absolute atomic E-state index is 14.8. The van der Waals surface area contributed by atoms with Crippen molar-refractivity contribution in [2.75, 3.05) is 25.5 Å². The number of carbonyl (C=O) groups excluding carboxylic acids is 1. The van der Waals surface area contributed by atoms with Crippen LogP contribution in [0.1, 0.15) is 36.2 Å². The highest BCUT2D eigenvalue weighted by Crippen LogP contribution is 2.30. The molecule has 2 N–H and O–H groups in total. The second-order valence-electron chi connectivity index (χ2n) is 7.64. The molecule has 186 valence electrons. The molecule has 1 saturated heterocycles. The second kappa shape index (κ2) is 12.4. The first-order chi connectivity index (χ1) is 16.0. The lowest BCUT2D eigenvalue weighted by Gasteiger charge is -2.25. The Morgan fingerprint density at radius 1 is 1.35 bits per heavy atom. The number of hydrogen-bond donors (Lipinski definition) is 2. The average Bonchev–Trinajstić information content (AvgIpc) is 3.33. The van der Waals surface area contributed by atoms with Crippen molar-refractivity contribution in [3.05, 3.63) is 56.3 Å². The molecule has 0 saturated carbocycles. The molecule has 2 heterocycles. The minimum absolute atomic E-state index is 0.0717. The zero-order valence-electron chi connectivity index (χ0n) is 18.9. The van der Waals surface area contributed by atoms with Gasteiger partial charge in [0.05, 0.1) is 10.0 Å². The Morgan fingerprint density at radius 3 is 2.56 bits per heavy atom. The number of thiophene rings is 1. The zero-order valence-corrected chi connectivity index (χ0v) is 21.3. The van der Waals surface area contributed by atoms with Gasteiger partial charge < -0.3 is 14.9 Å². The molecule has 1 aliphatic rings. The van der Waals surface area contributed by atoms with Crippen molar-refractivity contribution in [1.29, 1.82) is 0 Å². The van der Waals surface area contributed by atoms with E-state index >= 15 is 0 Å². The standard InChI is InChI=1S/C21H25ClFN3O3S2.CH2O2/c1-4-18(25(2)3)14-5-7-19(16(23)13-14)26-11-9-17(21(26)27)24-31(28,29)12-10-15-6-8-20(22)30-15;2-1-3/h5-8,10,12-13,17-18,24H,4,9,11H2,1-3H3;1H,(H,2,3)/t17-,18?;/m0./s1. The topological polar surface area (TPSA) is 107 Å². The summed E-state index contributed by atoms with van der Waals surface area (Å²) < 4.78 is 42.5. The number of carbonyl (C=O) groups is 2. The van der Waals surface area contributed by atoms with Crippen LogP contribution in [0, 0.1) is 5.82 Å². The van der Waals surface area contributed by atoms with Gasteiger partial charge in [-0.1, -0.05) is 24.6 Å². The molecule has 0 aliphatic carbocycles. The largest absolute Gasteiger partial charge is 0.483 e. The molecule has 12 heteroatoms. The van der Waals surface area contributed by atoms with Gasteiger partial charge in [-0.25, -0.2) is 12.8 Å². The van der Waals surface area contributed by atoms with Gasteiger partial charge in [-0.15, -0.1) is 11.3 Å². The quantitative estimate of drug-likeness (QED) is 0.499. The van der Waals surface area contributed by atoms with E-state index in [0.29, 0.717) is 9.21 Å². The number of nitrogens with zero attached hydrogens (tertiary/aromatic N) is 2. The minimum Gasteiger partial charge on any atom is -0.483 e. The van der Waals surface area contributed by atoms with E-state index in [-0.39, 0.29) is 31.2 Å². The summed E-state index contributed by atoms with van der Waals surface area (Å²) in [5.41, 5.74) is 0.990. The fourth-order valence-corrected chi connectivity index (χ4v) is 5.76. The van der Waals surface area contributed by atoms with Gasteiger partial charge in [-0.05, 0) is 62.8 Å². The van der Waals surface area contributed by atoms with Crippen molar-refractivity contribution in [1.82, 2.24) is 9.62 Å². The Morgan fingerprint density at radius 2 is 2.03 bits per heavy atom. The van der Waals surface area contributed by atoms with E-state index in [1.165, 1.54) is 28.4 Å². The molecule has 1 aromatic carbocycles. The Bertz CT molecular complexity index is 1140. The number of sulfonamides is 1. The highest BCUT2D eigenvalue weighted by Gasteiger charge is 2.36. The van der Waals surface area contributed by atoms with Crippen LogP contribution in [0.2, 0.25) is 4.34 Å². The first-order valence-electron chi connectivity index (χ1n) is 10.3. The number of anilines is 1. The summed E-state index contributed by atoms with van der Waals surface area (Å²) in [5, 5.41) is 7.90. The number of hydrogen-bond acceptors (Lipinski definition) is 6. The Kier molecular flexibility index (Phi) is 10.2. The molecule has 1 unspecified atom stereocenters. The first kappa shape index (κ1) is 27.9. The van der Waals surface area contributed by atoms with Gasteiger partial charge in [0.25, 0.3) is 6.47 Å². The van der Waals surface area contributed by atoms with Gasteiger partial charge in [0.15, 0.2) is 0 Å². The van der Waals surface area contributed by atoms with Crippen LogP contribution in [-0.4, -0.2) is 57.5 Å². The Balaban J connectivity index is 0.00000129. The summed E-state index contributed by atoms with van der Waals surface area (Å²) in [6.07, 6.45) is 2.50. The number of nitrogens with one attached hydrogen (secondary N) is 1. The van der Waals surface area contributed by atoms with Crippen LogP contribution in [-0.2, 0) is 19.6 Å². The van der Waals surface area contributed by atoms with E-state index in [2.05, 4.69) is 4.72 Å². The van der Waals surface area contributed by atoms with Gasteiger partial charge >= 0.3 is 0 Å². The molecule has 0 bridgehead atoms. The molecule has 1 aliphatic heterocycles. The van der Waals surface area contributed by atoms with Gasteiger partial charge in [-0.3, -0.25) is 9.59 Å². The summed E-state index contributed by atoms with van der Waals surface area (Å²) in [5.74, 6) is -0.966. The van der Waals surface area contributed by atoms with Gasteiger partial charge in [0, 0.05) is 22.9 Å². The van der Waals surface area contributed by atoms with Gasteiger partial charge in [-0.2, -0.15) is 4.72 Å². The van der Waals surface area contributed by atoms with E-state index in [1.54, 1.807) is 18.2 Å². The highest BCUT2D eigenvalue weighted by atomic mass is 35.5. The van der Waals surface area contributed by atoms with Crippen LogP contribution in [0.25, 0.3) is 6.08 Å². The maximum Gasteiger partial charge on any atom is 0.290 e. The normalized spacial score (nSPS) is 17.2. The summed E-state index contributed by atoms with van der Waals surface area (Å²) in [6, 6.07) is 7.36. The minimum atomic E-state index is -3.85. The predicted octanol–water partition coefficient (Wildman–Crippen LogP) is 3.95. The third kappa shape index (κ3) is 7.34. The molecule has 1 fully saturated rings. The highest BCUT2D eigenvalue weighted by molar-refractivity contribution is 7.92. The molecule has 0 radical (unpaired) electrons. The number of halogens is 2. The molecule has 0 spiro atoms. The van der Waals surface area contributed by atoms with Crippen molar-refractivity contribution >= 4 is 57.1 Å². The van der Waals surface area contributed by atoms with Crippen LogP contribution >= 0.6 is 22.9 Å². The fourth-order valence-electron chi connectivity index (χ4n) is 3.69. The summed E-state index contributed by atoms with van der Waals surface area (Å²) >= 11 is 7.08.